The van der Waals surface area contributed by atoms with Crippen molar-refractivity contribution >= 4 is 39.1 Å². The number of thiazole rings is 1. The van der Waals surface area contributed by atoms with Gasteiger partial charge in [-0.05, 0) is 62.3 Å². The topological polar surface area (TPSA) is 133 Å². The number of fused-ring (bicyclic) bond motifs is 1. The van der Waals surface area contributed by atoms with Crippen molar-refractivity contribution in [2.45, 2.75) is 18.9 Å². The molecular weight excluding hydrogens is 504 g/mol. The first-order valence-corrected chi connectivity index (χ1v) is 13.1. The van der Waals surface area contributed by atoms with Crippen LogP contribution >= 0.6 is 11.3 Å². The zero-order valence-corrected chi connectivity index (χ0v) is 21.3. The van der Waals surface area contributed by atoms with E-state index in [9.17, 15) is 15.2 Å². The van der Waals surface area contributed by atoms with Crippen LogP contribution in [0.25, 0.3) is 10.9 Å². The number of hydrogen-bond donors (Lipinski definition) is 3. The summed E-state index contributed by atoms with van der Waals surface area (Å²) >= 11 is 1.33. The van der Waals surface area contributed by atoms with E-state index in [1.165, 1.54) is 11.3 Å². The zero-order valence-electron chi connectivity index (χ0n) is 20.5. The van der Waals surface area contributed by atoms with Gasteiger partial charge in [0.1, 0.15) is 36.0 Å². The van der Waals surface area contributed by atoms with Gasteiger partial charge in [-0.15, -0.1) is 11.3 Å². The molecule has 4 aromatic rings. The number of anilines is 2. The van der Waals surface area contributed by atoms with Crippen LogP contribution < -0.4 is 20.1 Å². The van der Waals surface area contributed by atoms with Crippen molar-refractivity contribution in [2.75, 3.05) is 36.9 Å². The first-order valence-electron chi connectivity index (χ1n) is 12.2. The summed E-state index contributed by atoms with van der Waals surface area (Å²) in [7, 11) is 0. The van der Waals surface area contributed by atoms with E-state index in [2.05, 4.69) is 31.6 Å². The SMILES string of the molecule is N#Cc1cc2c(Oc3ccc(NC(=O)Nc4nccs4)cc3)ccnc2cc1OC[C@@H](O)CN1CCCC1. The molecule has 2 amide bonds. The number of aliphatic hydroxyl groups excluding tert-OH is 1. The number of pyridine rings is 1. The lowest BCUT2D eigenvalue weighted by molar-refractivity contribution is 0.0758. The maximum atomic E-state index is 12.1. The van der Waals surface area contributed by atoms with E-state index < -0.39 is 6.10 Å². The van der Waals surface area contributed by atoms with Crippen LogP contribution in [-0.4, -0.2) is 58.4 Å². The Hall–Kier alpha value is -4.24. The molecule has 1 aliphatic heterocycles. The van der Waals surface area contributed by atoms with Crippen molar-refractivity contribution in [2.24, 2.45) is 0 Å². The third-order valence-corrected chi connectivity index (χ3v) is 6.70. The van der Waals surface area contributed by atoms with Gasteiger partial charge in [-0.1, -0.05) is 0 Å². The second-order valence-electron chi connectivity index (χ2n) is 8.80. The van der Waals surface area contributed by atoms with Gasteiger partial charge in [0.05, 0.1) is 11.1 Å². The fourth-order valence-corrected chi connectivity index (χ4v) is 4.75. The molecule has 11 heteroatoms. The van der Waals surface area contributed by atoms with Gasteiger partial charge >= 0.3 is 6.03 Å². The van der Waals surface area contributed by atoms with E-state index in [0.717, 1.165) is 25.9 Å². The maximum Gasteiger partial charge on any atom is 0.325 e. The fourth-order valence-electron chi connectivity index (χ4n) is 4.22. The van der Waals surface area contributed by atoms with E-state index in [1.807, 2.05) is 0 Å². The van der Waals surface area contributed by atoms with Gasteiger partial charge in [-0.25, -0.2) is 9.78 Å². The van der Waals surface area contributed by atoms with Gasteiger partial charge in [-0.3, -0.25) is 10.3 Å². The molecule has 5 rings (SSSR count). The van der Waals surface area contributed by atoms with E-state index in [0.29, 0.717) is 51.1 Å². The third kappa shape index (κ3) is 6.36. The maximum absolute atomic E-state index is 12.1. The molecule has 0 unspecified atom stereocenters. The van der Waals surface area contributed by atoms with Crippen molar-refractivity contribution in [3.05, 3.63) is 65.8 Å². The monoisotopic (exact) mass is 530 g/mol. The molecule has 0 radical (unpaired) electrons. The number of urea groups is 1. The Morgan fingerprint density at radius 3 is 2.66 bits per heavy atom. The second-order valence-corrected chi connectivity index (χ2v) is 9.70. The number of β-amino-alcohol motifs (C(OH)–C–C–N with tert-alkyl or cyclic N) is 1. The van der Waals surface area contributed by atoms with E-state index in [-0.39, 0.29) is 12.6 Å². The lowest BCUT2D eigenvalue weighted by Crippen LogP contribution is -2.33. The summed E-state index contributed by atoms with van der Waals surface area (Å²) in [5, 5.41) is 28.4. The fraction of sp³-hybridized carbons (Fsp3) is 0.259. The molecular formula is C27H26N6O4S. The molecule has 3 heterocycles. The first-order chi connectivity index (χ1) is 18.6. The van der Waals surface area contributed by atoms with Crippen molar-refractivity contribution in [3.63, 3.8) is 0 Å². The quantitative estimate of drug-likeness (QED) is 0.280. The molecule has 1 atom stereocenters. The number of carbonyl (C=O) groups is 1. The second kappa shape index (κ2) is 11.9. The molecule has 0 bridgehead atoms. The summed E-state index contributed by atoms with van der Waals surface area (Å²) in [5.41, 5.74) is 1.52. The largest absolute Gasteiger partial charge is 0.489 e. The average molecular weight is 531 g/mol. The lowest BCUT2D eigenvalue weighted by Gasteiger charge is -2.20. The average Bonchev–Trinajstić information content (AvgIpc) is 3.63. The van der Waals surface area contributed by atoms with Gasteiger partial charge in [0, 0.05) is 41.5 Å². The van der Waals surface area contributed by atoms with Crippen LogP contribution in [0.4, 0.5) is 15.6 Å². The number of nitrogens with one attached hydrogen (secondary N) is 2. The molecule has 0 spiro atoms. The number of likely N-dealkylation sites (tertiary alicyclic amines) is 1. The molecule has 2 aromatic carbocycles. The first kappa shape index (κ1) is 25.4. The van der Waals surface area contributed by atoms with Crippen molar-refractivity contribution in [1.29, 1.82) is 5.26 Å². The van der Waals surface area contributed by atoms with Crippen molar-refractivity contribution < 1.29 is 19.4 Å². The Bertz CT molecular complexity index is 1430. The Labute approximate surface area is 223 Å². The minimum atomic E-state index is -0.645. The number of carbonyl (C=O) groups excluding carboxylic acids is 1. The highest BCUT2D eigenvalue weighted by molar-refractivity contribution is 7.13. The predicted molar refractivity (Wildman–Crippen MR) is 145 cm³/mol. The van der Waals surface area contributed by atoms with Crippen LogP contribution in [0.2, 0.25) is 0 Å². The highest BCUT2D eigenvalue weighted by Crippen LogP contribution is 2.33. The number of nitrogens with zero attached hydrogens (tertiary/aromatic N) is 4. The molecule has 1 aliphatic rings. The third-order valence-electron chi connectivity index (χ3n) is 6.01. The Balaban J connectivity index is 1.25. The van der Waals surface area contributed by atoms with Gasteiger partial charge in [-0.2, -0.15) is 5.26 Å². The Morgan fingerprint density at radius 2 is 1.92 bits per heavy atom. The summed E-state index contributed by atoms with van der Waals surface area (Å²) in [4.78, 5) is 22.7. The summed E-state index contributed by atoms with van der Waals surface area (Å²) in [6.45, 7) is 2.63. The molecule has 1 saturated heterocycles. The molecule has 0 aliphatic carbocycles. The number of amides is 2. The smallest absolute Gasteiger partial charge is 0.325 e. The highest BCUT2D eigenvalue weighted by atomic mass is 32.1. The standard InChI is InChI=1S/C27H26N6O4S/c28-15-18-13-22-23(14-25(18)36-17-20(34)16-33-10-1-2-11-33)29-8-7-24(22)37-21-5-3-19(4-6-21)31-26(35)32-27-30-9-12-38-27/h3-9,12-14,20,34H,1-2,10-11,16-17H2,(H2,30,31,32,35)/t20-/m0/s1. The number of hydrogen-bond acceptors (Lipinski definition) is 9. The van der Waals surface area contributed by atoms with E-state index in [4.69, 9.17) is 9.47 Å². The summed E-state index contributed by atoms with van der Waals surface area (Å²) in [6.07, 6.45) is 4.89. The Morgan fingerprint density at radius 1 is 1.11 bits per heavy atom. The van der Waals surface area contributed by atoms with Gasteiger partial charge < -0.3 is 24.8 Å². The minimum absolute atomic E-state index is 0.0924. The van der Waals surface area contributed by atoms with Crippen molar-refractivity contribution in [3.8, 4) is 23.3 Å². The molecule has 2 aromatic heterocycles. The van der Waals surface area contributed by atoms with Crippen LogP contribution in [0, 0.1) is 11.3 Å². The van der Waals surface area contributed by atoms with E-state index in [1.54, 1.807) is 60.2 Å². The summed E-state index contributed by atoms with van der Waals surface area (Å²) in [6, 6.07) is 13.8. The molecule has 0 saturated carbocycles. The van der Waals surface area contributed by atoms with Crippen LogP contribution in [-0.2, 0) is 0 Å². The molecule has 1 fully saturated rings. The Kier molecular flexibility index (Phi) is 7.94. The highest BCUT2D eigenvalue weighted by Gasteiger charge is 2.18. The zero-order chi connectivity index (χ0) is 26.3. The van der Waals surface area contributed by atoms with Gasteiger partial charge in [0.15, 0.2) is 5.13 Å². The number of aromatic nitrogens is 2. The van der Waals surface area contributed by atoms with Crippen LogP contribution in [0.3, 0.4) is 0 Å². The van der Waals surface area contributed by atoms with E-state index >= 15 is 0 Å². The predicted octanol–water partition coefficient (Wildman–Crippen LogP) is 4.83. The molecule has 10 nitrogen and oxygen atoms in total. The lowest BCUT2D eigenvalue weighted by atomic mass is 10.1. The van der Waals surface area contributed by atoms with Crippen molar-refractivity contribution in [1.82, 2.24) is 14.9 Å². The number of aliphatic hydroxyl groups is 1. The number of rotatable bonds is 9. The number of nitriles is 1. The number of benzene rings is 2. The number of ether oxygens (including phenoxy) is 2. The van der Waals surface area contributed by atoms with Gasteiger partial charge in [0.2, 0.25) is 0 Å². The van der Waals surface area contributed by atoms with Crippen LogP contribution in [0.5, 0.6) is 17.2 Å². The van der Waals surface area contributed by atoms with Crippen LogP contribution in [0.1, 0.15) is 18.4 Å². The minimum Gasteiger partial charge on any atom is -0.489 e. The molecule has 194 valence electrons. The van der Waals surface area contributed by atoms with Crippen LogP contribution in [0.15, 0.2) is 60.2 Å². The molecule has 3 N–H and O–H groups in total. The summed E-state index contributed by atoms with van der Waals surface area (Å²) < 4.78 is 11.9. The summed E-state index contributed by atoms with van der Waals surface area (Å²) in [5.74, 6) is 1.44. The molecule has 38 heavy (non-hydrogen) atoms. The normalized spacial score (nSPS) is 14.1. The van der Waals surface area contributed by atoms with Gasteiger partial charge in [0.25, 0.3) is 0 Å².